The number of carbonyl (C=O) groups excluding carboxylic acids is 2. The van der Waals surface area contributed by atoms with E-state index < -0.39 is 0 Å². The monoisotopic (exact) mass is 536 g/mol. The standard InChI is InChI=1S/C28H37FN8O2/c1-18(2)30-10-11-31-26(38)16-36(25-13-21(7-6-19(25)3)28-32-20(4)33-34-28)17-27(39)35(5)37-14-22-8-9-24(29)12-23(22)15-37/h6-9,12-13,18,30H,10-11,14-17H2,1-5H3,(H,31,38)(H,32,33,34). The second-order valence-corrected chi connectivity index (χ2v) is 10.2. The van der Waals surface area contributed by atoms with Crippen molar-refractivity contribution in [3.63, 3.8) is 0 Å². The van der Waals surface area contributed by atoms with Gasteiger partial charge in [0.05, 0.1) is 13.1 Å². The highest BCUT2D eigenvalue weighted by Crippen LogP contribution is 2.28. The number of hydrogen-bond donors (Lipinski definition) is 3. The Morgan fingerprint density at radius 3 is 2.56 bits per heavy atom. The van der Waals surface area contributed by atoms with Gasteiger partial charge in [0.15, 0.2) is 5.82 Å². The molecule has 10 nitrogen and oxygen atoms in total. The molecule has 3 aromatic rings. The molecular weight excluding hydrogens is 499 g/mol. The molecule has 1 aliphatic rings. The molecule has 2 amide bonds. The van der Waals surface area contributed by atoms with E-state index in [-0.39, 0.29) is 30.7 Å². The lowest BCUT2D eigenvalue weighted by Gasteiger charge is -2.32. The number of nitrogens with one attached hydrogen (secondary N) is 3. The summed E-state index contributed by atoms with van der Waals surface area (Å²) in [5.41, 5.74) is 4.31. The van der Waals surface area contributed by atoms with E-state index >= 15 is 0 Å². The van der Waals surface area contributed by atoms with E-state index in [0.717, 1.165) is 27.9 Å². The minimum Gasteiger partial charge on any atom is -0.353 e. The number of aromatic nitrogens is 3. The molecule has 0 bridgehead atoms. The lowest BCUT2D eigenvalue weighted by atomic mass is 10.1. The molecule has 0 aliphatic carbocycles. The Morgan fingerprint density at radius 2 is 1.85 bits per heavy atom. The molecule has 3 N–H and O–H groups in total. The van der Waals surface area contributed by atoms with E-state index in [2.05, 4.69) is 25.8 Å². The second kappa shape index (κ2) is 12.4. The SMILES string of the molecule is Cc1nc(-c2ccc(C)c(N(CC(=O)NCCNC(C)C)CC(=O)N(C)N3Cc4ccc(F)cc4C3)c2)n[nH]1. The predicted molar refractivity (Wildman–Crippen MR) is 148 cm³/mol. The number of H-pyrrole nitrogens is 1. The molecule has 0 spiro atoms. The minimum atomic E-state index is -0.290. The molecular formula is C28H37FN8O2. The van der Waals surface area contributed by atoms with Gasteiger partial charge < -0.3 is 15.5 Å². The van der Waals surface area contributed by atoms with Crippen LogP contribution in [-0.4, -0.2) is 76.3 Å². The maximum absolute atomic E-state index is 13.7. The van der Waals surface area contributed by atoms with Gasteiger partial charge in [0.1, 0.15) is 11.6 Å². The Morgan fingerprint density at radius 1 is 1.08 bits per heavy atom. The van der Waals surface area contributed by atoms with Gasteiger partial charge in [-0.1, -0.05) is 32.0 Å². The van der Waals surface area contributed by atoms with Gasteiger partial charge in [-0.05, 0) is 48.7 Å². The van der Waals surface area contributed by atoms with Gasteiger partial charge in [-0.3, -0.25) is 19.7 Å². The van der Waals surface area contributed by atoms with Crippen LogP contribution in [0, 0.1) is 19.7 Å². The molecule has 39 heavy (non-hydrogen) atoms. The summed E-state index contributed by atoms with van der Waals surface area (Å²) in [7, 11) is 1.71. The number of hydrogen-bond acceptors (Lipinski definition) is 7. The first kappa shape index (κ1) is 28.2. The van der Waals surface area contributed by atoms with E-state index in [1.54, 1.807) is 23.0 Å². The average Bonchev–Trinajstić information content (AvgIpc) is 3.51. The van der Waals surface area contributed by atoms with Gasteiger partial charge in [-0.25, -0.2) is 14.4 Å². The summed E-state index contributed by atoms with van der Waals surface area (Å²) >= 11 is 0. The van der Waals surface area contributed by atoms with Crippen molar-refractivity contribution in [1.29, 1.82) is 0 Å². The van der Waals surface area contributed by atoms with E-state index in [4.69, 9.17) is 0 Å². The number of likely N-dealkylation sites (N-methyl/N-ethyl adjacent to an activating group) is 1. The normalized spacial score (nSPS) is 13.0. The van der Waals surface area contributed by atoms with Gasteiger partial charge in [0.2, 0.25) is 5.91 Å². The van der Waals surface area contributed by atoms with Crippen molar-refractivity contribution < 1.29 is 14.0 Å². The quantitative estimate of drug-likeness (QED) is 0.323. The summed E-state index contributed by atoms with van der Waals surface area (Å²) in [6.07, 6.45) is 0. The van der Waals surface area contributed by atoms with Crippen LogP contribution in [0.5, 0.6) is 0 Å². The molecule has 1 aromatic heterocycles. The zero-order valence-corrected chi connectivity index (χ0v) is 23.2. The number of carbonyl (C=O) groups is 2. The van der Waals surface area contributed by atoms with Crippen LogP contribution in [0.1, 0.15) is 36.4 Å². The maximum atomic E-state index is 13.7. The van der Waals surface area contributed by atoms with E-state index in [9.17, 15) is 14.0 Å². The molecule has 4 rings (SSSR count). The highest BCUT2D eigenvalue weighted by Gasteiger charge is 2.27. The third kappa shape index (κ3) is 7.18. The van der Waals surface area contributed by atoms with Crippen molar-refractivity contribution in [2.24, 2.45) is 0 Å². The second-order valence-electron chi connectivity index (χ2n) is 10.2. The molecule has 0 radical (unpaired) electrons. The summed E-state index contributed by atoms with van der Waals surface area (Å²) in [5.74, 6) is 0.585. The highest BCUT2D eigenvalue weighted by molar-refractivity contribution is 5.87. The van der Waals surface area contributed by atoms with Crippen LogP contribution < -0.4 is 15.5 Å². The fourth-order valence-electron chi connectivity index (χ4n) is 4.56. The number of aryl methyl sites for hydroxylation is 2. The van der Waals surface area contributed by atoms with Crippen LogP contribution in [0.3, 0.4) is 0 Å². The van der Waals surface area contributed by atoms with Gasteiger partial charge >= 0.3 is 0 Å². The summed E-state index contributed by atoms with van der Waals surface area (Å²) in [4.78, 5) is 32.7. The first-order chi connectivity index (χ1) is 18.6. The average molecular weight is 537 g/mol. The van der Waals surface area contributed by atoms with Crippen molar-refractivity contribution in [2.75, 3.05) is 38.1 Å². The summed E-state index contributed by atoms with van der Waals surface area (Å²) in [5, 5.41) is 16.8. The molecule has 1 aliphatic heterocycles. The number of fused-ring (bicyclic) bond motifs is 1. The van der Waals surface area contributed by atoms with Crippen molar-refractivity contribution in [3.8, 4) is 11.4 Å². The Kier molecular flexibility index (Phi) is 8.93. The number of benzene rings is 2. The van der Waals surface area contributed by atoms with Crippen molar-refractivity contribution in [1.82, 2.24) is 35.8 Å². The Hall–Kier alpha value is -3.83. The third-order valence-corrected chi connectivity index (χ3v) is 6.72. The highest BCUT2D eigenvalue weighted by atomic mass is 19.1. The minimum absolute atomic E-state index is 0.00398. The number of rotatable bonds is 11. The molecule has 0 unspecified atom stereocenters. The summed E-state index contributed by atoms with van der Waals surface area (Å²) in [6.45, 7) is 9.94. The van der Waals surface area contributed by atoms with Crippen LogP contribution in [0.15, 0.2) is 36.4 Å². The zero-order chi connectivity index (χ0) is 28.1. The molecule has 11 heteroatoms. The molecule has 0 saturated heterocycles. The zero-order valence-electron chi connectivity index (χ0n) is 23.2. The van der Waals surface area contributed by atoms with Crippen LogP contribution in [0.25, 0.3) is 11.4 Å². The fraction of sp³-hybridized carbons (Fsp3) is 0.429. The van der Waals surface area contributed by atoms with Crippen LogP contribution in [0.2, 0.25) is 0 Å². The largest absolute Gasteiger partial charge is 0.353 e. The Bertz CT molecular complexity index is 1320. The molecule has 2 aromatic carbocycles. The van der Waals surface area contributed by atoms with Crippen LogP contribution in [-0.2, 0) is 22.7 Å². The van der Waals surface area contributed by atoms with Gasteiger partial charge in [0.25, 0.3) is 5.91 Å². The van der Waals surface area contributed by atoms with Crippen molar-refractivity contribution in [3.05, 3.63) is 64.7 Å². The van der Waals surface area contributed by atoms with Gasteiger partial charge in [0, 0.05) is 50.5 Å². The van der Waals surface area contributed by atoms with E-state index in [0.29, 0.717) is 43.9 Å². The number of anilines is 1. The molecule has 0 fully saturated rings. The summed E-state index contributed by atoms with van der Waals surface area (Å²) in [6, 6.07) is 10.8. The fourth-order valence-corrected chi connectivity index (χ4v) is 4.56. The number of hydrazine groups is 1. The van der Waals surface area contributed by atoms with Crippen LogP contribution >= 0.6 is 0 Å². The van der Waals surface area contributed by atoms with Crippen LogP contribution in [0.4, 0.5) is 10.1 Å². The van der Waals surface area contributed by atoms with Gasteiger partial charge in [-0.2, -0.15) is 5.10 Å². The number of nitrogens with zero attached hydrogens (tertiary/aromatic N) is 5. The van der Waals surface area contributed by atoms with Crippen molar-refractivity contribution >= 4 is 17.5 Å². The van der Waals surface area contributed by atoms with E-state index in [1.807, 2.05) is 50.9 Å². The van der Waals surface area contributed by atoms with Gasteiger partial charge in [-0.15, -0.1) is 0 Å². The summed E-state index contributed by atoms with van der Waals surface area (Å²) < 4.78 is 13.7. The maximum Gasteiger partial charge on any atom is 0.256 e. The Balaban J connectivity index is 1.52. The molecule has 2 heterocycles. The smallest absolute Gasteiger partial charge is 0.256 e. The predicted octanol–water partition coefficient (Wildman–Crippen LogP) is 2.54. The first-order valence-electron chi connectivity index (χ1n) is 13.1. The van der Waals surface area contributed by atoms with Crippen molar-refractivity contribution in [2.45, 2.75) is 46.8 Å². The lowest BCUT2D eigenvalue weighted by Crippen LogP contribution is -2.48. The lowest BCUT2D eigenvalue weighted by molar-refractivity contribution is -0.145. The number of aromatic amines is 1. The topological polar surface area (TPSA) is 109 Å². The molecule has 0 saturated carbocycles. The number of amides is 2. The Labute approximate surface area is 228 Å². The first-order valence-corrected chi connectivity index (χ1v) is 13.1. The molecule has 0 atom stereocenters. The third-order valence-electron chi connectivity index (χ3n) is 6.72. The molecule has 208 valence electrons. The van der Waals surface area contributed by atoms with E-state index in [1.165, 1.54) is 12.1 Å². The number of halogens is 1.